The van der Waals surface area contributed by atoms with Crippen molar-refractivity contribution >= 4 is 23.6 Å². The normalized spacial score (nSPS) is 12.0. The van der Waals surface area contributed by atoms with Crippen molar-refractivity contribution in [1.82, 2.24) is 10.6 Å². The predicted octanol–water partition coefficient (Wildman–Crippen LogP) is 1.65. The van der Waals surface area contributed by atoms with E-state index in [1.165, 1.54) is 0 Å². The highest BCUT2D eigenvalue weighted by Gasteiger charge is 2.23. The second-order valence-electron chi connectivity index (χ2n) is 12.2. The number of rotatable bonds is 39. The van der Waals surface area contributed by atoms with E-state index in [1.807, 2.05) is 13.8 Å². The first kappa shape index (κ1) is 48.7. The number of carboxylic acid groups (broad SMARTS) is 1. The zero-order valence-electron chi connectivity index (χ0n) is 31.5. The molecule has 51 heavy (non-hydrogen) atoms. The number of nitrogens with one attached hydrogen (secondary N) is 2. The van der Waals surface area contributed by atoms with Crippen molar-refractivity contribution in [3.05, 3.63) is 0 Å². The number of aliphatic carboxylic acids is 1. The fourth-order valence-electron chi connectivity index (χ4n) is 4.02. The molecule has 0 aliphatic heterocycles. The van der Waals surface area contributed by atoms with Crippen molar-refractivity contribution in [3.63, 3.8) is 0 Å². The van der Waals surface area contributed by atoms with Crippen LogP contribution in [0.15, 0.2) is 0 Å². The van der Waals surface area contributed by atoms with E-state index in [0.717, 1.165) is 6.42 Å². The average Bonchev–Trinajstić information content (AvgIpc) is 3.09. The highest BCUT2D eigenvalue weighted by molar-refractivity contribution is 5.90. The molecule has 0 aliphatic carbocycles. The first-order valence-electron chi connectivity index (χ1n) is 18.1. The quantitative estimate of drug-likeness (QED) is 0.0771. The van der Waals surface area contributed by atoms with Crippen molar-refractivity contribution in [2.45, 2.75) is 65.8 Å². The van der Waals surface area contributed by atoms with Crippen LogP contribution in [0.5, 0.6) is 0 Å². The summed E-state index contributed by atoms with van der Waals surface area (Å²) in [5, 5.41) is 14.1. The Hall–Kier alpha value is -2.28. The monoisotopic (exact) mass is 738 g/mol. The standard InChI is InChI=1S/C35H66N2O14/c1-29(2)5-7-33(39)37-31(35(42)30(3)4)6-8-32(38)36-10-12-44-14-16-46-18-20-48-22-24-50-26-28-51-27-25-49-23-21-47-19-17-45-15-13-43-11-9-34(40)41/h29-31H,5-28H2,1-4H3,(H,36,38)(H,37,39)(H,40,41)/t31-/m0/s1. The molecule has 0 heterocycles. The molecule has 0 radical (unpaired) electrons. The maximum absolute atomic E-state index is 12.5. The van der Waals surface area contributed by atoms with E-state index in [0.29, 0.717) is 131 Å². The molecule has 0 bridgehead atoms. The topological polar surface area (TPSA) is 196 Å². The van der Waals surface area contributed by atoms with E-state index in [1.54, 1.807) is 13.8 Å². The molecule has 16 nitrogen and oxygen atoms in total. The number of carbonyl (C=O) groups excluding carboxylic acids is 3. The van der Waals surface area contributed by atoms with E-state index >= 15 is 0 Å². The molecule has 0 aliphatic rings. The molecule has 0 saturated heterocycles. The van der Waals surface area contributed by atoms with Crippen molar-refractivity contribution in [3.8, 4) is 0 Å². The molecular weight excluding hydrogens is 672 g/mol. The first-order chi connectivity index (χ1) is 24.6. The molecule has 1 atom stereocenters. The third-order valence-electron chi connectivity index (χ3n) is 6.86. The molecule has 16 heteroatoms. The summed E-state index contributed by atoms with van der Waals surface area (Å²) in [4.78, 5) is 47.3. The van der Waals surface area contributed by atoms with Gasteiger partial charge in [0.25, 0.3) is 0 Å². The molecule has 0 fully saturated rings. The Balaban J connectivity index is 3.44. The second kappa shape index (κ2) is 36.1. The van der Waals surface area contributed by atoms with Gasteiger partial charge in [0.2, 0.25) is 11.8 Å². The van der Waals surface area contributed by atoms with E-state index < -0.39 is 12.0 Å². The summed E-state index contributed by atoms with van der Waals surface area (Å²) >= 11 is 0. The molecule has 0 aromatic carbocycles. The minimum Gasteiger partial charge on any atom is -0.481 e. The number of hydrogen-bond acceptors (Lipinski definition) is 13. The summed E-state index contributed by atoms with van der Waals surface area (Å²) in [7, 11) is 0. The minimum absolute atomic E-state index is 0.0119. The number of carbonyl (C=O) groups is 4. The molecule has 2 amide bonds. The van der Waals surface area contributed by atoms with Crippen LogP contribution in [0, 0.1) is 11.8 Å². The van der Waals surface area contributed by atoms with E-state index in [4.69, 9.17) is 47.7 Å². The number of amides is 2. The molecule has 0 unspecified atom stereocenters. The molecule has 300 valence electrons. The van der Waals surface area contributed by atoms with Gasteiger partial charge in [-0.3, -0.25) is 19.2 Å². The van der Waals surface area contributed by atoms with E-state index in [9.17, 15) is 19.2 Å². The SMILES string of the molecule is CC(C)CCC(=O)N[C@@H](CCC(=O)NCCOCCOCCOCCOCCOCCOCCOCCOCCOCCC(=O)O)C(=O)C(C)C. The van der Waals surface area contributed by atoms with Gasteiger partial charge in [-0.15, -0.1) is 0 Å². The first-order valence-corrected chi connectivity index (χ1v) is 18.1. The lowest BCUT2D eigenvalue weighted by Gasteiger charge is -2.20. The van der Waals surface area contributed by atoms with Crippen LogP contribution in [0.1, 0.15) is 59.8 Å². The van der Waals surface area contributed by atoms with Crippen molar-refractivity contribution < 1.29 is 66.9 Å². The Morgan fingerprint density at radius 1 is 0.471 bits per heavy atom. The third kappa shape index (κ3) is 35.9. The largest absolute Gasteiger partial charge is 0.481 e. The average molecular weight is 739 g/mol. The Morgan fingerprint density at radius 3 is 1.18 bits per heavy atom. The highest BCUT2D eigenvalue weighted by atomic mass is 16.6. The summed E-state index contributed by atoms with van der Waals surface area (Å²) in [6.07, 6.45) is 1.51. The molecule has 0 saturated carbocycles. The van der Waals surface area contributed by atoms with Crippen LogP contribution < -0.4 is 10.6 Å². The lowest BCUT2D eigenvalue weighted by atomic mass is 9.97. The minimum atomic E-state index is -0.882. The zero-order valence-corrected chi connectivity index (χ0v) is 31.5. The summed E-state index contributed by atoms with van der Waals surface area (Å²) < 4.78 is 48.6. The van der Waals surface area contributed by atoms with E-state index in [2.05, 4.69) is 10.6 Å². The van der Waals surface area contributed by atoms with Gasteiger partial charge in [-0.25, -0.2) is 0 Å². The highest BCUT2D eigenvalue weighted by Crippen LogP contribution is 2.09. The van der Waals surface area contributed by atoms with Crippen LogP contribution in [0.25, 0.3) is 0 Å². The van der Waals surface area contributed by atoms with Gasteiger partial charge in [0.1, 0.15) is 0 Å². The number of Topliss-reactive ketones (excluding diaryl/α,β-unsaturated/α-hetero) is 1. The molecular formula is C35H66N2O14. The number of ether oxygens (including phenoxy) is 9. The summed E-state index contributed by atoms with van der Waals surface area (Å²) in [6, 6.07) is -0.659. The van der Waals surface area contributed by atoms with Crippen LogP contribution in [0.2, 0.25) is 0 Å². The summed E-state index contributed by atoms with van der Waals surface area (Å²) in [6.45, 7) is 15.5. The zero-order chi connectivity index (χ0) is 37.8. The Labute approximate surface area is 304 Å². The van der Waals surface area contributed by atoms with Gasteiger partial charge in [-0.1, -0.05) is 27.7 Å². The lowest BCUT2D eigenvalue weighted by Crippen LogP contribution is -2.43. The van der Waals surface area contributed by atoms with Crippen LogP contribution in [0.3, 0.4) is 0 Å². The molecule has 0 spiro atoms. The van der Waals surface area contributed by atoms with Crippen LogP contribution >= 0.6 is 0 Å². The smallest absolute Gasteiger partial charge is 0.305 e. The molecule has 0 rings (SSSR count). The van der Waals surface area contributed by atoms with Crippen molar-refractivity contribution in [2.24, 2.45) is 11.8 Å². The third-order valence-corrected chi connectivity index (χ3v) is 6.86. The Morgan fingerprint density at radius 2 is 0.824 bits per heavy atom. The Kier molecular flexibility index (Phi) is 34.5. The number of ketones is 1. The molecule has 3 N–H and O–H groups in total. The fraction of sp³-hybridized carbons (Fsp3) is 0.886. The molecule has 0 aromatic heterocycles. The van der Waals surface area contributed by atoms with Gasteiger partial charge in [-0.2, -0.15) is 0 Å². The van der Waals surface area contributed by atoms with E-state index in [-0.39, 0.29) is 49.4 Å². The fourth-order valence-corrected chi connectivity index (χ4v) is 4.02. The summed E-state index contributed by atoms with van der Waals surface area (Å²) in [5.41, 5.74) is 0. The predicted molar refractivity (Wildman–Crippen MR) is 188 cm³/mol. The van der Waals surface area contributed by atoms with Gasteiger partial charge in [0.05, 0.1) is 131 Å². The van der Waals surface area contributed by atoms with Gasteiger partial charge in [0, 0.05) is 25.3 Å². The van der Waals surface area contributed by atoms with Crippen LogP contribution in [0.4, 0.5) is 0 Å². The van der Waals surface area contributed by atoms with Gasteiger partial charge in [0.15, 0.2) is 5.78 Å². The molecule has 0 aromatic rings. The van der Waals surface area contributed by atoms with Crippen LogP contribution in [-0.2, 0) is 61.8 Å². The van der Waals surface area contributed by atoms with Crippen molar-refractivity contribution in [2.75, 3.05) is 125 Å². The van der Waals surface area contributed by atoms with Gasteiger partial charge < -0.3 is 58.4 Å². The Bertz CT molecular complexity index is 862. The second-order valence-corrected chi connectivity index (χ2v) is 12.2. The maximum atomic E-state index is 12.5. The number of carboxylic acids is 1. The van der Waals surface area contributed by atoms with Crippen LogP contribution in [-0.4, -0.2) is 160 Å². The van der Waals surface area contributed by atoms with Gasteiger partial charge in [-0.05, 0) is 18.8 Å². The number of hydrogen-bond donors (Lipinski definition) is 3. The van der Waals surface area contributed by atoms with Crippen molar-refractivity contribution in [1.29, 1.82) is 0 Å². The lowest BCUT2D eigenvalue weighted by molar-refractivity contribution is -0.138. The van der Waals surface area contributed by atoms with Gasteiger partial charge >= 0.3 is 5.97 Å². The maximum Gasteiger partial charge on any atom is 0.305 e. The summed E-state index contributed by atoms with van der Waals surface area (Å²) in [5.74, 6) is -1.14.